The van der Waals surface area contributed by atoms with E-state index in [2.05, 4.69) is 41.5 Å². The van der Waals surface area contributed by atoms with Crippen molar-refractivity contribution in [1.29, 1.82) is 0 Å². The zero-order valence-electron chi connectivity index (χ0n) is 15.7. The van der Waals surface area contributed by atoms with Crippen molar-refractivity contribution >= 4 is 6.09 Å². The van der Waals surface area contributed by atoms with Gasteiger partial charge < -0.3 is 9.64 Å². The minimum absolute atomic E-state index is 0.238. The molecule has 1 amide bonds. The first-order valence-corrected chi connectivity index (χ1v) is 7.99. The summed E-state index contributed by atoms with van der Waals surface area (Å²) in [7, 11) is 1.77. The molecule has 0 aliphatic rings. The number of hydrogen-bond acceptors (Lipinski definition) is 2. The molecule has 0 heterocycles. The molecule has 0 unspecified atom stereocenters. The highest BCUT2D eigenvalue weighted by Crippen LogP contribution is 2.10. The molecule has 0 aromatic carbocycles. The minimum atomic E-state index is -0.400. The zero-order valence-corrected chi connectivity index (χ0v) is 15.7. The maximum absolute atomic E-state index is 11.5. The second-order valence-corrected chi connectivity index (χ2v) is 6.50. The number of carbonyl (C=O) groups is 1. The van der Waals surface area contributed by atoms with Gasteiger partial charge in [-0.1, -0.05) is 54.4 Å². The van der Waals surface area contributed by atoms with E-state index in [-0.39, 0.29) is 6.09 Å². The number of ether oxygens (including phenoxy) is 1. The fourth-order valence-electron chi connectivity index (χ4n) is 0.883. The quantitative estimate of drug-likeness (QED) is 0.663. The van der Waals surface area contributed by atoms with Crippen LogP contribution in [-0.4, -0.2) is 30.2 Å². The van der Waals surface area contributed by atoms with Gasteiger partial charge in [-0.25, -0.2) is 4.79 Å². The first-order valence-electron chi connectivity index (χ1n) is 7.99. The highest BCUT2D eigenvalue weighted by atomic mass is 16.6. The lowest BCUT2D eigenvalue weighted by Crippen LogP contribution is -2.35. The molecule has 3 heteroatoms. The van der Waals surface area contributed by atoms with E-state index in [0.29, 0.717) is 5.92 Å². The Hall–Kier alpha value is -0.730. The van der Waals surface area contributed by atoms with Crippen LogP contribution in [0.5, 0.6) is 0 Å². The molecular formula is C17H39NO2. The van der Waals surface area contributed by atoms with Gasteiger partial charge in [0.2, 0.25) is 0 Å². The fraction of sp³-hybridized carbons (Fsp3) is 0.941. The van der Waals surface area contributed by atoms with E-state index in [1.165, 1.54) is 12.8 Å². The zero-order chi connectivity index (χ0) is 16.8. The third kappa shape index (κ3) is 26.0. The molecule has 0 radical (unpaired) electrons. The molecule has 0 atom stereocenters. The second kappa shape index (κ2) is 14.7. The highest BCUT2D eigenvalue weighted by molar-refractivity contribution is 5.67. The van der Waals surface area contributed by atoms with E-state index in [1.807, 2.05) is 20.8 Å². The Labute approximate surface area is 128 Å². The van der Waals surface area contributed by atoms with E-state index < -0.39 is 5.60 Å². The lowest BCUT2D eigenvalue weighted by Gasteiger charge is -2.25. The van der Waals surface area contributed by atoms with Crippen LogP contribution < -0.4 is 0 Å². The third-order valence-corrected chi connectivity index (χ3v) is 1.75. The maximum atomic E-state index is 11.5. The summed E-state index contributed by atoms with van der Waals surface area (Å²) in [5.74, 6) is 0.611. The van der Waals surface area contributed by atoms with Crippen LogP contribution in [0.2, 0.25) is 0 Å². The van der Waals surface area contributed by atoms with Crippen molar-refractivity contribution in [2.24, 2.45) is 5.92 Å². The van der Waals surface area contributed by atoms with Crippen molar-refractivity contribution in [3.05, 3.63) is 0 Å². The van der Waals surface area contributed by atoms with Crippen LogP contribution in [0.15, 0.2) is 0 Å². The van der Waals surface area contributed by atoms with Crippen molar-refractivity contribution in [1.82, 2.24) is 4.90 Å². The van der Waals surface area contributed by atoms with Crippen LogP contribution in [0.25, 0.3) is 0 Å². The average Bonchev–Trinajstić information content (AvgIpc) is 2.25. The summed E-state index contributed by atoms with van der Waals surface area (Å²) in [4.78, 5) is 13.1. The fourth-order valence-corrected chi connectivity index (χ4v) is 0.883. The normalized spacial score (nSPS) is 9.95. The Balaban J connectivity index is -0.000000408. The summed E-state index contributed by atoms with van der Waals surface area (Å²) in [6.45, 7) is 19.2. The highest BCUT2D eigenvalue weighted by Gasteiger charge is 2.19. The summed E-state index contributed by atoms with van der Waals surface area (Å²) in [5.41, 5.74) is -0.400. The van der Waals surface area contributed by atoms with Gasteiger partial charge in [-0.2, -0.15) is 0 Å². The molecule has 0 N–H and O–H groups in total. The van der Waals surface area contributed by atoms with E-state index in [1.54, 1.807) is 11.9 Å². The Morgan fingerprint density at radius 1 is 1.05 bits per heavy atom. The topological polar surface area (TPSA) is 29.5 Å². The standard InChI is InChI=1S/C11H23NO2.2C3H8/c1-9(2)7-8-12(6)10(13)14-11(3,4)5;2*1-3-2/h9H,7-8H2,1-6H3;2*3H2,1-2H3. The first-order chi connectivity index (χ1) is 9.05. The van der Waals surface area contributed by atoms with Gasteiger partial charge in [0.25, 0.3) is 0 Å². The SMILES string of the molecule is CC(C)CCN(C)C(=O)OC(C)(C)C.CCC.CCC. The molecule has 20 heavy (non-hydrogen) atoms. The summed E-state index contributed by atoms with van der Waals surface area (Å²) in [6, 6.07) is 0. The summed E-state index contributed by atoms with van der Waals surface area (Å²) < 4.78 is 5.22. The van der Waals surface area contributed by atoms with Crippen LogP contribution in [-0.2, 0) is 4.74 Å². The largest absolute Gasteiger partial charge is 0.444 e. The van der Waals surface area contributed by atoms with Crippen LogP contribution >= 0.6 is 0 Å². The van der Waals surface area contributed by atoms with Gasteiger partial charge in [0, 0.05) is 13.6 Å². The summed E-state index contributed by atoms with van der Waals surface area (Å²) in [6.07, 6.45) is 3.27. The second-order valence-electron chi connectivity index (χ2n) is 6.50. The van der Waals surface area contributed by atoms with Crippen molar-refractivity contribution in [2.75, 3.05) is 13.6 Å². The average molecular weight is 290 g/mol. The maximum Gasteiger partial charge on any atom is 0.410 e. The van der Waals surface area contributed by atoms with E-state index in [9.17, 15) is 4.79 Å². The molecule has 0 aliphatic carbocycles. The minimum Gasteiger partial charge on any atom is -0.444 e. The molecule has 0 bridgehead atoms. The van der Waals surface area contributed by atoms with Crippen LogP contribution in [0.4, 0.5) is 4.79 Å². The molecule has 0 spiro atoms. The predicted molar refractivity (Wildman–Crippen MR) is 90.2 cm³/mol. The Morgan fingerprint density at radius 3 is 1.65 bits per heavy atom. The third-order valence-electron chi connectivity index (χ3n) is 1.75. The van der Waals surface area contributed by atoms with Gasteiger partial charge in [0.15, 0.2) is 0 Å². The number of nitrogens with zero attached hydrogens (tertiary/aromatic N) is 1. The van der Waals surface area contributed by atoms with Gasteiger partial charge in [0.05, 0.1) is 0 Å². The van der Waals surface area contributed by atoms with Crippen molar-refractivity contribution < 1.29 is 9.53 Å². The Bertz CT molecular complexity index is 206. The van der Waals surface area contributed by atoms with Gasteiger partial charge >= 0.3 is 6.09 Å². The van der Waals surface area contributed by atoms with Crippen molar-refractivity contribution in [3.63, 3.8) is 0 Å². The van der Waals surface area contributed by atoms with Gasteiger partial charge in [-0.05, 0) is 33.1 Å². The van der Waals surface area contributed by atoms with E-state index >= 15 is 0 Å². The van der Waals surface area contributed by atoms with Crippen molar-refractivity contribution in [3.8, 4) is 0 Å². The molecule has 0 fully saturated rings. The number of rotatable bonds is 3. The van der Waals surface area contributed by atoms with Crippen molar-refractivity contribution in [2.45, 2.75) is 87.2 Å². The number of carbonyl (C=O) groups excluding carboxylic acids is 1. The molecule has 0 rings (SSSR count). The molecule has 0 aliphatic heterocycles. The summed E-state index contributed by atoms with van der Waals surface area (Å²) >= 11 is 0. The van der Waals surface area contributed by atoms with E-state index in [4.69, 9.17) is 4.74 Å². The van der Waals surface area contributed by atoms with Crippen LogP contribution in [0, 0.1) is 5.92 Å². The number of amides is 1. The lowest BCUT2D eigenvalue weighted by atomic mass is 10.1. The molecule has 124 valence electrons. The lowest BCUT2D eigenvalue weighted by molar-refractivity contribution is 0.0292. The van der Waals surface area contributed by atoms with Crippen LogP contribution in [0.3, 0.4) is 0 Å². The van der Waals surface area contributed by atoms with Gasteiger partial charge in [-0.15, -0.1) is 0 Å². The smallest absolute Gasteiger partial charge is 0.410 e. The van der Waals surface area contributed by atoms with E-state index in [0.717, 1.165) is 13.0 Å². The summed E-state index contributed by atoms with van der Waals surface area (Å²) in [5, 5.41) is 0. The molecule has 0 aromatic heterocycles. The molecular weight excluding hydrogens is 250 g/mol. The Kier molecular flexibility index (Phi) is 17.8. The molecule has 0 saturated carbocycles. The molecule has 0 aromatic rings. The molecule has 0 saturated heterocycles. The number of hydrogen-bond donors (Lipinski definition) is 0. The van der Waals surface area contributed by atoms with Gasteiger partial charge in [0.1, 0.15) is 5.60 Å². The van der Waals surface area contributed by atoms with Gasteiger partial charge in [-0.3, -0.25) is 0 Å². The predicted octanol–water partition coefficient (Wildman–Crippen LogP) is 5.73. The van der Waals surface area contributed by atoms with Crippen LogP contribution in [0.1, 0.15) is 81.6 Å². The molecule has 3 nitrogen and oxygen atoms in total. The Morgan fingerprint density at radius 2 is 1.40 bits per heavy atom. The first kappa shape index (κ1) is 24.3. The monoisotopic (exact) mass is 289 g/mol.